The quantitative estimate of drug-likeness (QED) is 0.895. The second-order valence-corrected chi connectivity index (χ2v) is 5.13. The number of nitriles is 1. The fourth-order valence-electron chi connectivity index (χ4n) is 2.00. The van der Waals surface area contributed by atoms with Crippen LogP contribution in [0, 0.1) is 11.3 Å². The molecule has 22 heavy (non-hydrogen) atoms. The second-order valence-electron chi connectivity index (χ2n) is 4.73. The highest BCUT2D eigenvalue weighted by molar-refractivity contribution is 6.33. The maximum atomic E-state index is 12.4. The van der Waals surface area contributed by atoms with Crippen molar-refractivity contribution in [3.8, 4) is 6.07 Å². The van der Waals surface area contributed by atoms with E-state index in [4.69, 9.17) is 16.9 Å². The van der Waals surface area contributed by atoms with Gasteiger partial charge in [0.25, 0.3) is 0 Å². The maximum Gasteiger partial charge on any atom is 0.322 e. The number of anilines is 1. The molecule has 0 spiro atoms. The maximum absolute atomic E-state index is 12.4. The molecule has 0 aliphatic rings. The van der Waals surface area contributed by atoms with E-state index in [9.17, 15) is 4.79 Å². The van der Waals surface area contributed by atoms with Crippen molar-refractivity contribution in [2.75, 3.05) is 11.9 Å². The summed E-state index contributed by atoms with van der Waals surface area (Å²) in [6.45, 7) is 0.806. The van der Waals surface area contributed by atoms with E-state index in [-0.39, 0.29) is 12.5 Å². The first-order chi connectivity index (χ1) is 10.7. The third-order valence-electron chi connectivity index (χ3n) is 3.11. The number of amides is 2. The lowest BCUT2D eigenvalue weighted by Gasteiger charge is -2.22. The normalized spacial score (nSPS) is 9.82. The van der Waals surface area contributed by atoms with E-state index >= 15 is 0 Å². The summed E-state index contributed by atoms with van der Waals surface area (Å²) in [6, 6.07) is 18.5. The van der Waals surface area contributed by atoms with E-state index in [1.165, 1.54) is 0 Å². The van der Waals surface area contributed by atoms with Crippen molar-refractivity contribution in [1.82, 2.24) is 4.90 Å². The Hall–Kier alpha value is -2.51. The minimum atomic E-state index is -0.271. The molecule has 2 aromatic carbocycles. The van der Waals surface area contributed by atoms with Crippen LogP contribution in [0.3, 0.4) is 0 Å². The van der Waals surface area contributed by atoms with Crippen molar-refractivity contribution in [1.29, 1.82) is 5.26 Å². The molecule has 0 radical (unpaired) electrons. The summed E-state index contributed by atoms with van der Waals surface area (Å²) in [5.41, 5.74) is 1.57. The van der Waals surface area contributed by atoms with Gasteiger partial charge in [0, 0.05) is 13.1 Å². The molecule has 2 aromatic rings. The van der Waals surface area contributed by atoms with Crippen molar-refractivity contribution in [2.45, 2.75) is 13.0 Å². The first-order valence-electron chi connectivity index (χ1n) is 6.92. The Morgan fingerprint density at radius 1 is 1.14 bits per heavy atom. The van der Waals surface area contributed by atoms with Crippen LogP contribution in [0.2, 0.25) is 5.02 Å². The van der Waals surface area contributed by atoms with E-state index in [0.717, 1.165) is 5.56 Å². The van der Waals surface area contributed by atoms with Gasteiger partial charge in [0.1, 0.15) is 0 Å². The summed E-state index contributed by atoms with van der Waals surface area (Å²) in [5.74, 6) is 0. The lowest BCUT2D eigenvalue weighted by molar-refractivity contribution is 0.210. The molecule has 5 heteroatoms. The molecule has 112 valence electrons. The molecule has 1 N–H and O–H groups in total. The minimum absolute atomic E-state index is 0.271. The monoisotopic (exact) mass is 313 g/mol. The van der Waals surface area contributed by atoms with Gasteiger partial charge in [-0.2, -0.15) is 5.26 Å². The van der Waals surface area contributed by atoms with Gasteiger partial charge in [-0.25, -0.2) is 4.79 Å². The van der Waals surface area contributed by atoms with Gasteiger partial charge in [-0.1, -0.05) is 54.1 Å². The van der Waals surface area contributed by atoms with Crippen LogP contribution in [0.1, 0.15) is 12.0 Å². The molecule has 0 bridgehead atoms. The second kappa shape index (κ2) is 8.06. The molecule has 2 amide bonds. The molecule has 0 atom stereocenters. The lowest BCUT2D eigenvalue weighted by atomic mass is 10.2. The van der Waals surface area contributed by atoms with Crippen LogP contribution in [-0.4, -0.2) is 17.5 Å². The molecule has 0 aromatic heterocycles. The number of nitrogens with zero attached hydrogens (tertiary/aromatic N) is 2. The van der Waals surface area contributed by atoms with Crippen molar-refractivity contribution in [2.24, 2.45) is 0 Å². The topological polar surface area (TPSA) is 56.1 Å². The summed E-state index contributed by atoms with van der Waals surface area (Å²) in [5, 5.41) is 12.0. The van der Waals surface area contributed by atoms with Gasteiger partial charge in [0.05, 0.1) is 23.2 Å². The summed E-state index contributed by atoms with van der Waals surface area (Å²) in [6.07, 6.45) is 0.281. The largest absolute Gasteiger partial charge is 0.322 e. The molecule has 0 aliphatic heterocycles. The molecule has 0 unspecified atom stereocenters. The predicted molar refractivity (Wildman–Crippen MR) is 87.6 cm³/mol. The number of halogens is 1. The lowest BCUT2D eigenvalue weighted by Crippen LogP contribution is -2.35. The van der Waals surface area contributed by atoms with Crippen LogP contribution in [0.15, 0.2) is 54.6 Å². The van der Waals surface area contributed by atoms with Gasteiger partial charge in [-0.15, -0.1) is 0 Å². The number of carbonyl (C=O) groups is 1. The third-order valence-corrected chi connectivity index (χ3v) is 3.44. The number of urea groups is 1. The van der Waals surface area contributed by atoms with Crippen molar-refractivity contribution >= 4 is 23.3 Å². The summed E-state index contributed by atoms with van der Waals surface area (Å²) < 4.78 is 0. The Kier molecular flexibility index (Phi) is 5.81. The highest BCUT2D eigenvalue weighted by atomic mass is 35.5. The highest BCUT2D eigenvalue weighted by Crippen LogP contribution is 2.21. The third kappa shape index (κ3) is 4.51. The average Bonchev–Trinajstić information content (AvgIpc) is 2.54. The van der Waals surface area contributed by atoms with Gasteiger partial charge in [-0.3, -0.25) is 0 Å². The van der Waals surface area contributed by atoms with E-state index in [1.54, 1.807) is 29.2 Å². The number of para-hydroxylation sites is 1. The van der Waals surface area contributed by atoms with E-state index in [2.05, 4.69) is 11.4 Å². The molecule has 0 heterocycles. The van der Waals surface area contributed by atoms with Crippen LogP contribution < -0.4 is 5.32 Å². The predicted octanol–water partition coefficient (Wildman–Crippen LogP) is 4.29. The zero-order valence-electron chi connectivity index (χ0n) is 12.0. The van der Waals surface area contributed by atoms with Gasteiger partial charge in [0.2, 0.25) is 0 Å². The Morgan fingerprint density at radius 3 is 2.50 bits per heavy atom. The van der Waals surface area contributed by atoms with E-state index in [0.29, 0.717) is 23.8 Å². The number of benzene rings is 2. The summed E-state index contributed by atoms with van der Waals surface area (Å²) in [4.78, 5) is 14.0. The van der Waals surface area contributed by atoms with Crippen LogP contribution in [0.5, 0.6) is 0 Å². The zero-order valence-corrected chi connectivity index (χ0v) is 12.8. The van der Waals surface area contributed by atoms with Crippen molar-refractivity contribution in [3.05, 3.63) is 65.2 Å². The average molecular weight is 314 g/mol. The Labute approximate surface area is 134 Å². The molecule has 0 fully saturated rings. The molecule has 0 aliphatic carbocycles. The number of hydrogen-bond acceptors (Lipinski definition) is 2. The SMILES string of the molecule is N#CCCN(Cc1ccccc1)C(=O)Nc1ccccc1Cl. The summed E-state index contributed by atoms with van der Waals surface area (Å²) >= 11 is 6.05. The molecule has 4 nitrogen and oxygen atoms in total. The molecule has 2 rings (SSSR count). The van der Waals surface area contributed by atoms with Crippen molar-refractivity contribution in [3.63, 3.8) is 0 Å². The Morgan fingerprint density at radius 2 is 1.82 bits per heavy atom. The van der Waals surface area contributed by atoms with E-state index in [1.807, 2.05) is 30.3 Å². The summed E-state index contributed by atoms with van der Waals surface area (Å²) in [7, 11) is 0. The number of nitrogens with one attached hydrogen (secondary N) is 1. The van der Waals surface area contributed by atoms with Crippen molar-refractivity contribution < 1.29 is 4.79 Å². The van der Waals surface area contributed by atoms with Crippen LogP contribution in [0.25, 0.3) is 0 Å². The first-order valence-corrected chi connectivity index (χ1v) is 7.30. The fraction of sp³-hybridized carbons (Fsp3) is 0.176. The number of hydrogen-bond donors (Lipinski definition) is 1. The van der Waals surface area contributed by atoms with Gasteiger partial charge < -0.3 is 10.2 Å². The fourth-order valence-corrected chi connectivity index (χ4v) is 2.18. The van der Waals surface area contributed by atoms with Crippen LogP contribution >= 0.6 is 11.6 Å². The zero-order chi connectivity index (χ0) is 15.8. The molecule has 0 saturated carbocycles. The smallest absolute Gasteiger partial charge is 0.319 e. The Balaban J connectivity index is 2.09. The van der Waals surface area contributed by atoms with E-state index < -0.39 is 0 Å². The number of rotatable bonds is 5. The van der Waals surface area contributed by atoms with Crippen LogP contribution in [-0.2, 0) is 6.54 Å². The number of carbonyl (C=O) groups excluding carboxylic acids is 1. The Bertz CT molecular complexity index is 667. The molecular weight excluding hydrogens is 298 g/mol. The van der Waals surface area contributed by atoms with Gasteiger partial charge in [0.15, 0.2) is 0 Å². The van der Waals surface area contributed by atoms with Gasteiger partial charge in [-0.05, 0) is 17.7 Å². The van der Waals surface area contributed by atoms with Crippen LogP contribution in [0.4, 0.5) is 10.5 Å². The standard InChI is InChI=1S/C17H16ClN3O/c18-15-9-4-5-10-16(15)20-17(22)21(12-6-11-19)13-14-7-2-1-3-8-14/h1-5,7-10H,6,12-13H2,(H,20,22). The molecular formula is C17H16ClN3O. The van der Waals surface area contributed by atoms with Gasteiger partial charge >= 0.3 is 6.03 Å². The highest BCUT2D eigenvalue weighted by Gasteiger charge is 2.14. The first kappa shape index (κ1) is 15.9. The minimum Gasteiger partial charge on any atom is -0.319 e. The molecule has 0 saturated heterocycles.